The second-order valence-electron chi connectivity index (χ2n) is 9.82. The van der Waals surface area contributed by atoms with Crippen LogP contribution >= 0.6 is 0 Å². The molecule has 0 radical (unpaired) electrons. The Bertz CT molecular complexity index is 1220. The Labute approximate surface area is 217 Å². The van der Waals surface area contributed by atoms with Gasteiger partial charge in [-0.05, 0) is 61.6 Å². The zero-order chi connectivity index (χ0) is 26.4. The van der Waals surface area contributed by atoms with Crippen molar-refractivity contribution in [1.82, 2.24) is 0 Å². The predicted molar refractivity (Wildman–Crippen MR) is 141 cm³/mol. The second kappa shape index (κ2) is 12.6. The summed E-state index contributed by atoms with van der Waals surface area (Å²) in [7, 11) is 0. The van der Waals surface area contributed by atoms with Crippen LogP contribution in [0.15, 0.2) is 60.7 Å². The first-order chi connectivity index (χ1) is 17.9. The third kappa shape index (κ3) is 6.15. The lowest BCUT2D eigenvalue weighted by atomic mass is 9.90. The first-order valence-corrected chi connectivity index (χ1v) is 13.2. The summed E-state index contributed by atoms with van der Waals surface area (Å²) in [6, 6.07) is 12.7. The number of ether oxygens (including phenoxy) is 1. The van der Waals surface area contributed by atoms with E-state index in [0.29, 0.717) is 48.5 Å². The van der Waals surface area contributed by atoms with Gasteiger partial charge in [-0.1, -0.05) is 80.4 Å². The zero-order valence-electron chi connectivity index (χ0n) is 21.5. The predicted octanol–water partition coefficient (Wildman–Crippen LogP) is 9.74. The van der Waals surface area contributed by atoms with E-state index in [1.165, 1.54) is 0 Å². The van der Waals surface area contributed by atoms with Crippen LogP contribution in [0, 0.1) is 29.2 Å². The molecule has 4 rings (SSSR count). The van der Waals surface area contributed by atoms with E-state index in [4.69, 9.17) is 4.74 Å². The van der Waals surface area contributed by atoms with Crippen LogP contribution in [-0.4, -0.2) is 6.61 Å². The van der Waals surface area contributed by atoms with Crippen LogP contribution < -0.4 is 0 Å². The van der Waals surface area contributed by atoms with Crippen LogP contribution in [0.4, 0.5) is 17.6 Å². The molecule has 0 spiro atoms. The van der Waals surface area contributed by atoms with Gasteiger partial charge in [0.1, 0.15) is 0 Å². The third-order valence-corrected chi connectivity index (χ3v) is 7.28. The van der Waals surface area contributed by atoms with E-state index in [-0.39, 0.29) is 16.7 Å². The van der Waals surface area contributed by atoms with E-state index in [0.717, 1.165) is 25.7 Å². The van der Waals surface area contributed by atoms with Crippen molar-refractivity contribution in [3.05, 3.63) is 95.1 Å². The summed E-state index contributed by atoms with van der Waals surface area (Å²) in [4.78, 5) is 0. The molecule has 0 amide bonds. The van der Waals surface area contributed by atoms with Crippen molar-refractivity contribution in [2.24, 2.45) is 5.92 Å². The number of benzene rings is 3. The van der Waals surface area contributed by atoms with E-state index in [9.17, 15) is 8.78 Å². The largest absolute Gasteiger partial charge is 0.373 e. The molecule has 2 atom stereocenters. The topological polar surface area (TPSA) is 9.23 Å². The Morgan fingerprint density at radius 3 is 2.05 bits per heavy atom. The minimum Gasteiger partial charge on any atom is -0.373 e. The summed E-state index contributed by atoms with van der Waals surface area (Å²) in [6.07, 6.45) is 9.40. The molecule has 1 aliphatic heterocycles. The van der Waals surface area contributed by atoms with Crippen molar-refractivity contribution in [2.75, 3.05) is 6.61 Å². The summed E-state index contributed by atoms with van der Waals surface area (Å²) >= 11 is 0. The van der Waals surface area contributed by atoms with Gasteiger partial charge in [0.05, 0.1) is 12.7 Å². The molecule has 3 aromatic carbocycles. The fraction of sp³-hybridized carbons (Fsp3) is 0.375. The standard InChI is InChI=1S/C32H34F4O/c1-3-5-7-9-24-15-16-25(30(34)29(24)33)22-11-13-23(14-12-22)26-17-18-27(32(36)31(26)35)28-19-10-21(20-37-28)8-6-4-2/h3,5,11-18,21,28H,4,6-10,19-20H2,1-2H3. The van der Waals surface area contributed by atoms with E-state index in [1.807, 2.05) is 19.1 Å². The Morgan fingerprint density at radius 1 is 0.811 bits per heavy atom. The average molecular weight is 511 g/mol. The first kappa shape index (κ1) is 27.1. The molecule has 1 heterocycles. The molecule has 2 unspecified atom stereocenters. The normalized spacial score (nSPS) is 18.0. The van der Waals surface area contributed by atoms with Crippen molar-refractivity contribution in [3.63, 3.8) is 0 Å². The zero-order valence-corrected chi connectivity index (χ0v) is 21.5. The Balaban J connectivity index is 1.50. The highest BCUT2D eigenvalue weighted by molar-refractivity contribution is 5.71. The molecular weight excluding hydrogens is 476 g/mol. The van der Waals surface area contributed by atoms with Crippen molar-refractivity contribution < 1.29 is 22.3 Å². The van der Waals surface area contributed by atoms with Crippen molar-refractivity contribution in [2.45, 2.75) is 64.9 Å². The number of hydrogen-bond donors (Lipinski definition) is 0. The van der Waals surface area contributed by atoms with Crippen LogP contribution in [0.5, 0.6) is 0 Å². The number of hydrogen-bond acceptors (Lipinski definition) is 1. The number of halogens is 4. The van der Waals surface area contributed by atoms with Gasteiger partial charge < -0.3 is 4.74 Å². The van der Waals surface area contributed by atoms with Gasteiger partial charge in [-0.2, -0.15) is 0 Å². The van der Waals surface area contributed by atoms with Gasteiger partial charge in [0.15, 0.2) is 23.3 Å². The van der Waals surface area contributed by atoms with E-state index in [2.05, 4.69) is 6.92 Å². The Kier molecular flexibility index (Phi) is 9.20. The molecule has 5 heteroatoms. The number of aryl methyl sites for hydroxylation is 1. The smallest absolute Gasteiger partial charge is 0.167 e. The van der Waals surface area contributed by atoms with Crippen LogP contribution in [0.2, 0.25) is 0 Å². The molecule has 196 valence electrons. The summed E-state index contributed by atoms with van der Waals surface area (Å²) in [6.45, 7) is 4.61. The average Bonchev–Trinajstić information content (AvgIpc) is 2.92. The Morgan fingerprint density at radius 2 is 1.46 bits per heavy atom. The van der Waals surface area contributed by atoms with Crippen LogP contribution in [0.25, 0.3) is 22.3 Å². The molecule has 0 aromatic heterocycles. The minimum absolute atomic E-state index is 0.121. The van der Waals surface area contributed by atoms with Crippen LogP contribution in [-0.2, 0) is 11.2 Å². The molecule has 3 aromatic rings. The first-order valence-electron chi connectivity index (χ1n) is 13.2. The summed E-state index contributed by atoms with van der Waals surface area (Å²) in [5, 5.41) is 0. The lowest BCUT2D eigenvalue weighted by Gasteiger charge is -2.29. The highest BCUT2D eigenvalue weighted by Crippen LogP contribution is 2.37. The summed E-state index contributed by atoms with van der Waals surface area (Å²) < 4.78 is 65.5. The lowest BCUT2D eigenvalue weighted by molar-refractivity contribution is -0.0217. The minimum atomic E-state index is -0.926. The fourth-order valence-corrected chi connectivity index (χ4v) is 5.05. The number of allylic oxidation sites excluding steroid dienone is 2. The van der Waals surface area contributed by atoms with Crippen molar-refractivity contribution >= 4 is 0 Å². The van der Waals surface area contributed by atoms with Gasteiger partial charge in [0.2, 0.25) is 0 Å². The molecule has 0 saturated carbocycles. The maximum atomic E-state index is 15.1. The number of unbranched alkanes of at least 4 members (excludes halogenated alkanes) is 1. The van der Waals surface area contributed by atoms with Crippen molar-refractivity contribution in [3.8, 4) is 22.3 Å². The van der Waals surface area contributed by atoms with Crippen molar-refractivity contribution in [1.29, 1.82) is 0 Å². The van der Waals surface area contributed by atoms with E-state index >= 15 is 8.78 Å². The van der Waals surface area contributed by atoms with Crippen LogP contribution in [0.1, 0.15) is 69.6 Å². The third-order valence-electron chi connectivity index (χ3n) is 7.28. The quantitative estimate of drug-likeness (QED) is 0.206. The maximum absolute atomic E-state index is 15.1. The molecule has 0 aliphatic carbocycles. The fourth-order valence-electron chi connectivity index (χ4n) is 5.05. The van der Waals surface area contributed by atoms with Gasteiger partial charge in [-0.15, -0.1) is 0 Å². The summed E-state index contributed by atoms with van der Waals surface area (Å²) in [5.41, 5.74) is 1.75. The molecular formula is C32H34F4O. The van der Waals surface area contributed by atoms with Crippen LogP contribution in [0.3, 0.4) is 0 Å². The van der Waals surface area contributed by atoms with Gasteiger partial charge in [0, 0.05) is 16.7 Å². The number of rotatable bonds is 9. The molecule has 37 heavy (non-hydrogen) atoms. The molecule has 1 fully saturated rings. The van der Waals surface area contributed by atoms with Gasteiger partial charge >= 0.3 is 0 Å². The Hall–Kier alpha value is -2.92. The van der Waals surface area contributed by atoms with E-state index in [1.54, 1.807) is 48.5 Å². The van der Waals surface area contributed by atoms with Gasteiger partial charge in [-0.3, -0.25) is 0 Å². The second-order valence-corrected chi connectivity index (χ2v) is 9.82. The molecule has 0 N–H and O–H groups in total. The van der Waals surface area contributed by atoms with Gasteiger partial charge in [0.25, 0.3) is 0 Å². The highest BCUT2D eigenvalue weighted by atomic mass is 19.2. The maximum Gasteiger partial charge on any atom is 0.167 e. The molecule has 1 nitrogen and oxygen atoms in total. The molecule has 0 bridgehead atoms. The highest BCUT2D eigenvalue weighted by Gasteiger charge is 2.27. The van der Waals surface area contributed by atoms with E-state index < -0.39 is 29.4 Å². The molecule has 1 saturated heterocycles. The summed E-state index contributed by atoms with van der Waals surface area (Å²) in [5.74, 6) is -3.09. The monoisotopic (exact) mass is 510 g/mol. The molecule has 1 aliphatic rings. The van der Waals surface area contributed by atoms with Gasteiger partial charge in [-0.25, -0.2) is 17.6 Å². The lowest BCUT2D eigenvalue weighted by Crippen LogP contribution is -2.21. The SMILES string of the molecule is CC=CCCc1ccc(-c2ccc(-c3ccc(C4CCC(CCCC)CO4)c(F)c3F)cc2)c(F)c1F.